The Balaban J connectivity index is 4.31. The van der Waals surface area contributed by atoms with E-state index >= 15 is 0 Å². The van der Waals surface area contributed by atoms with Crippen LogP contribution in [-0.2, 0) is 28.6 Å². The van der Waals surface area contributed by atoms with Crippen LogP contribution in [0.3, 0.4) is 0 Å². The van der Waals surface area contributed by atoms with Crippen molar-refractivity contribution in [2.75, 3.05) is 13.2 Å². The van der Waals surface area contributed by atoms with Crippen LogP contribution in [-0.4, -0.2) is 37.2 Å². The molecule has 0 spiro atoms. The van der Waals surface area contributed by atoms with Crippen LogP contribution in [0.4, 0.5) is 0 Å². The topological polar surface area (TPSA) is 78.9 Å². The van der Waals surface area contributed by atoms with E-state index in [1.54, 1.807) is 0 Å². The smallest absolute Gasteiger partial charge is 0.306 e. The summed E-state index contributed by atoms with van der Waals surface area (Å²) < 4.78 is 16.8. The second-order valence-electron chi connectivity index (χ2n) is 20.9. The largest absolute Gasteiger partial charge is 0.462 e. The van der Waals surface area contributed by atoms with Gasteiger partial charge in [0.25, 0.3) is 0 Å². The lowest BCUT2D eigenvalue weighted by atomic mass is 10.0. The molecule has 0 aromatic heterocycles. The first kappa shape index (κ1) is 72.1. The molecule has 76 heavy (non-hydrogen) atoms. The molecule has 0 amide bonds. The highest BCUT2D eigenvalue weighted by Gasteiger charge is 2.19. The van der Waals surface area contributed by atoms with Crippen LogP contribution >= 0.6 is 0 Å². The number of unbranched alkanes of at least 4 members (excludes halogenated alkanes) is 28. The molecule has 0 aliphatic carbocycles. The Morgan fingerprint density at radius 1 is 0.276 bits per heavy atom. The molecule has 6 heteroatoms. The zero-order valence-corrected chi connectivity index (χ0v) is 49.7. The number of carbonyl (C=O) groups is 3. The molecular formula is C70H118O6. The Hall–Kier alpha value is -3.93. The lowest BCUT2D eigenvalue weighted by Gasteiger charge is -2.18. The van der Waals surface area contributed by atoms with Gasteiger partial charge in [0.05, 0.1) is 0 Å². The van der Waals surface area contributed by atoms with Gasteiger partial charge in [0.2, 0.25) is 0 Å². The van der Waals surface area contributed by atoms with E-state index in [0.717, 1.165) is 103 Å². The summed E-state index contributed by atoms with van der Waals surface area (Å²) in [6, 6.07) is 0. The number of rotatable bonds is 57. The van der Waals surface area contributed by atoms with E-state index in [1.807, 2.05) is 0 Å². The van der Waals surface area contributed by atoms with Gasteiger partial charge >= 0.3 is 17.9 Å². The Labute approximate surface area is 470 Å². The molecule has 0 saturated heterocycles. The SMILES string of the molecule is CC/C=C\C/C=C\C/C=C\C/C=C\C/C=C\C/C=C\CCCCC(=O)OC(COC(=O)CCCCCCCCCCCC)COC(=O)CCCCCCCCCCCCCC/C=C\C/C=C\C/C=C\CCCCCCC. The van der Waals surface area contributed by atoms with Crippen LogP contribution in [0.25, 0.3) is 0 Å². The third kappa shape index (κ3) is 60.9. The van der Waals surface area contributed by atoms with Crippen LogP contribution in [0.15, 0.2) is 109 Å². The number of carbonyl (C=O) groups excluding carboxylic acids is 3. The van der Waals surface area contributed by atoms with Crippen molar-refractivity contribution in [3.05, 3.63) is 109 Å². The molecule has 0 aromatic carbocycles. The summed E-state index contributed by atoms with van der Waals surface area (Å²) in [4.78, 5) is 38.2. The molecule has 0 fully saturated rings. The third-order valence-corrected chi connectivity index (χ3v) is 13.5. The van der Waals surface area contributed by atoms with Gasteiger partial charge in [0, 0.05) is 19.3 Å². The molecular weight excluding hydrogens is 937 g/mol. The van der Waals surface area contributed by atoms with Crippen LogP contribution in [0, 0.1) is 0 Å². The first-order valence-corrected chi connectivity index (χ1v) is 31.9. The average molecular weight is 1060 g/mol. The molecule has 1 atom stereocenters. The number of hydrogen-bond acceptors (Lipinski definition) is 6. The summed E-state index contributed by atoms with van der Waals surface area (Å²) >= 11 is 0. The van der Waals surface area contributed by atoms with E-state index in [0.29, 0.717) is 19.3 Å². The maximum absolute atomic E-state index is 12.9. The van der Waals surface area contributed by atoms with Crippen molar-refractivity contribution in [3.63, 3.8) is 0 Å². The summed E-state index contributed by atoms with van der Waals surface area (Å²) in [7, 11) is 0. The van der Waals surface area contributed by atoms with Gasteiger partial charge < -0.3 is 14.2 Å². The minimum Gasteiger partial charge on any atom is -0.462 e. The first-order chi connectivity index (χ1) is 37.5. The highest BCUT2D eigenvalue weighted by Crippen LogP contribution is 2.16. The van der Waals surface area contributed by atoms with Crippen molar-refractivity contribution in [1.29, 1.82) is 0 Å². The Kier molecular flexibility index (Phi) is 60.3. The molecule has 0 bridgehead atoms. The van der Waals surface area contributed by atoms with Crippen molar-refractivity contribution in [3.8, 4) is 0 Å². The van der Waals surface area contributed by atoms with E-state index in [1.165, 1.54) is 148 Å². The highest BCUT2D eigenvalue weighted by molar-refractivity contribution is 5.71. The van der Waals surface area contributed by atoms with Crippen molar-refractivity contribution >= 4 is 17.9 Å². The fourth-order valence-electron chi connectivity index (χ4n) is 8.75. The summed E-state index contributed by atoms with van der Waals surface area (Å²) in [5.41, 5.74) is 0. The first-order valence-electron chi connectivity index (χ1n) is 31.9. The number of esters is 3. The monoisotopic (exact) mass is 1050 g/mol. The van der Waals surface area contributed by atoms with Crippen LogP contribution in [0.5, 0.6) is 0 Å². The van der Waals surface area contributed by atoms with Gasteiger partial charge in [-0.15, -0.1) is 0 Å². The molecule has 0 N–H and O–H groups in total. The molecule has 0 aliphatic heterocycles. The fourth-order valence-corrected chi connectivity index (χ4v) is 8.75. The zero-order chi connectivity index (χ0) is 55.0. The third-order valence-electron chi connectivity index (χ3n) is 13.5. The maximum Gasteiger partial charge on any atom is 0.306 e. The second-order valence-corrected chi connectivity index (χ2v) is 20.9. The van der Waals surface area contributed by atoms with Gasteiger partial charge in [0.15, 0.2) is 6.10 Å². The van der Waals surface area contributed by atoms with Crippen molar-refractivity contribution in [2.24, 2.45) is 0 Å². The van der Waals surface area contributed by atoms with E-state index in [-0.39, 0.29) is 37.5 Å². The summed E-state index contributed by atoms with van der Waals surface area (Å²) in [6.45, 7) is 6.48. The quantitative estimate of drug-likeness (QED) is 0.0261. The van der Waals surface area contributed by atoms with Crippen LogP contribution in [0.2, 0.25) is 0 Å². The Morgan fingerprint density at radius 3 is 0.829 bits per heavy atom. The summed E-state index contributed by atoms with van der Waals surface area (Å²) in [6.07, 6.45) is 86.7. The number of ether oxygens (including phenoxy) is 3. The minimum atomic E-state index is -0.802. The van der Waals surface area contributed by atoms with E-state index < -0.39 is 6.10 Å². The van der Waals surface area contributed by atoms with Gasteiger partial charge in [-0.3, -0.25) is 14.4 Å². The fraction of sp³-hybridized carbons (Fsp3) is 0.700. The molecule has 1 unspecified atom stereocenters. The van der Waals surface area contributed by atoms with Crippen LogP contribution in [0.1, 0.15) is 297 Å². The van der Waals surface area contributed by atoms with Gasteiger partial charge in [-0.25, -0.2) is 0 Å². The summed E-state index contributed by atoms with van der Waals surface area (Å²) in [5.74, 6) is -0.937. The van der Waals surface area contributed by atoms with E-state index in [9.17, 15) is 14.4 Å². The molecule has 0 aromatic rings. The molecule has 0 aliphatic rings. The highest BCUT2D eigenvalue weighted by atomic mass is 16.6. The predicted molar refractivity (Wildman–Crippen MR) is 330 cm³/mol. The molecule has 434 valence electrons. The van der Waals surface area contributed by atoms with Gasteiger partial charge in [0.1, 0.15) is 13.2 Å². The number of hydrogen-bond donors (Lipinski definition) is 0. The Morgan fingerprint density at radius 2 is 0.513 bits per heavy atom. The van der Waals surface area contributed by atoms with Gasteiger partial charge in [-0.2, -0.15) is 0 Å². The van der Waals surface area contributed by atoms with E-state index in [4.69, 9.17) is 14.2 Å². The maximum atomic E-state index is 12.9. The van der Waals surface area contributed by atoms with Crippen LogP contribution < -0.4 is 0 Å². The molecule has 0 saturated carbocycles. The number of allylic oxidation sites excluding steroid dienone is 18. The van der Waals surface area contributed by atoms with Gasteiger partial charge in [-0.1, -0.05) is 278 Å². The molecule has 6 nitrogen and oxygen atoms in total. The van der Waals surface area contributed by atoms with E-state index in [2.05, 4.69) is 130 Å². The Bertz CT molecular complexity index is 1540. The van der Waals surface area contributed by atoms with Crippen molar-refractivity contribution < 1.29 is 28.6 Å². The summed E-state index contributed by atoms with van der Waals surface area (Å²) in [5, 5.41) is 0. The molecule has 0 heterocycles. The second kappa shape index (κ2) is 63.6. The van der Waals surface area contributed by atoms with Gasteiger partial charge in [-0.05, 0) is 109 Å². The van der Waals surface area contributed by atoms with Crippen molar-refractivity contribution in [2.45, 2.75) is 303 Å². The normalized spacial score (nSPS) is 12.8. The molecule has 0 radical (unpaired) electrons. The predicted octanol–water partition coefficient (Wildman–Crippen LogP) is 21.8. The standard InChI is InChI=1S/C70H118O6/c1-4-7-10-13-16-19-22-24-26-28-30-32-33-34-35-36-37-39-40-42-44-46-48-51-54-57-60-63-69(72)75-66-67(65-74-68(71)62-59-56-53-50-21-18-15-12-9-6-3)76-70(73)64-61-58-55-52-49-47-45-43-41-38-31-29-27-25-23-20-17-14-11-8-5-2/h8,11,17,20,22,24-25,27-28,30-31,33-34,38,43,45,49,52,67H,4-7,9-10,12-16,18-19,21,23,26,29,32,35-37,39-42,44,46-48,50-51,53-66H2,1-3H3/b11-8-,20-17-,24-22-,27-25-,30-28-,34-33-,38-31-,45-43-,52-49-. The zero-order valence-electron chi connectivity index (χ0n) is 49.7. The minimum absolute atomic E-state index is 0.0952. The molecule has 0 rings (SSSR count). The van der Waals surface area contributed by atoms with Crippen molar-refractivity contribution in [1.82, 2.24) is 0 Å². The lowest BCUT2D eigenvalue weighted by molar-refractivity contribution is -0.167. The average Bonchev–Trinajstić information content (AvgIpc) is 3.42. The lowest BCUT2D eigenvalue weighted by Crippen LogP contribution is -2.30.